The highest BCUT2D eigenvalue weighted by Gasteiger charge is 2.00. The summed E-state index contributed by atoms with van der Waals surface area (Å²) < 4.78 is 5.12. The van der Waals surface area contributed by atoms with Gasteiger partial charge in [0.25, 0.3) is 0 Å². The Morgan fingerprint density at radius 2 is 1.89 bits per heavy atom. The van der Waals surface area contributed by atoms with Gasteiger partial charge in [0, 0.05) is 12.2 Å². The van der Waals surface area contributed by atoms with Crippen LogP contribution in [0.25, 0.3) is 0 Å². The molecule has 2 rings (SSSR count). The van der Waals surface area contributed by atoms with E-state index in [-0.39, 0.29) is 0 Å². The van der Waals surface area contributed by atoms with E-state index in [1.54, 1.807) is 7.11 Å². The van der Waals surface area contributed by atoms with Crippen LogP contribution in [0.2, 0.25) is 0 Å². The molecule has 0 radical (unpaired) electrons. The number of rotatable bonds is 4. The molecular formula is C16H16N2O. The topological polar surface area (TPSA) is 45.0 Å². The van der Waals surface area contributed by atoms with Gasteiger partial charge >= 0.3 is 0 Å². The van der Waals surface area contributed by atoms with Crippen LogP contribution in [-0.4, -0.2) is 7.11 Å². The van der Waals surface area contributed by atoms with Crippen LogP contribution >= 0.6 is 0 Å². The molecule has 0 fully saturated rings. The van der Waals surface area contributed by atoms with E-state index >= 15 is 0 Å². The van der Waals surface area contributed by atoms with Gasteiger partial charge in [0.1, 0.15) is 5.75 Å². The summed E-state index contributed by atoms with van der Waals surface area (Å²) in [5.41, 5.74) is 3.97. The first-order valence-corrected chi connectivity index (χ1v) is 6.10. The number of hydrogen-bond acceptors (Lipinski definition) is 3. The molecule has 2 aromatic carbocycles. The number of benzene rings is 2. The summed E-state index contributed by atoms with van der Waals surface area (Å²) in [7, 11) is 1.66. The maximum atomic E-state index is 8.90. The lowest BCUT2D eigenvalue weighted by atomic mass is 10.1. The summed E-state index contributed by atoms with van der Waals surface area (Å²) >= 11 is 0. The molecule has 0 unspecified atom stereocenters. The van der Waals surface area contributed by atoms with E-state index in [4.69, 9.17) is 10.00 Å². The van der Waals surface area contributed by atoms with E-state index in [0.29, 0.717) is 5.56 Å². The Hall–Kier alpha value is -2.47. The number of hydrogen-bond donors (Lipinski definition) is 1. The van der Waals surface area contributed by atoms with E-state index in [9.17, 15) is 0 Å². The van der Waals surface area contributed by atoms with Crippen LogP contribution in [0.1, 0.15) is 16.7 Å². The zero-order chi connectivity index (χ0) is 13.7. The fraction of sp³-hybridized carbons (Fsp3) is 0.188. The fourth-order valence-electron chi connectivity index (χ4n) is 1.82. The minimum Gasteiger partial charge on any atom is -0.497 e. The molecule has 0 aliphatic carbocycles. The molecule has 0 aromatic heterocycles. The quantitative estimate of drug-likeness (QED) is 0.906. The summed E-state index contributed by atoms with van der Waals surface area (Å²) in [6.07, 6.45) is 0. The summed E-state index contributed by atoms with van der Waals surface area (Å²) in [4.78, 5) is 0. The van der Waals surface area contributed by atoms with Crippen LogP contribution < -0.4 is 10.1 Å². The Kier molecular flexibility index (Phi) is 4.04. The van der Waals surface area contributed by atoms with Gasteiger partial charge < -0.3 is 10.1 Å². The number of nitrogens with zero attached hydrogens (tertiary/aromatic N) is 1. The predicted octanol–water partition coefficient (Wildman–Crippen LogP) is 3.49. The van der Waals surface area contributed by atoms with E-state index in [0.717, 1.165) is 23.5 Å². The lowest BCUT2D eigenvalue weighted by Gasteiger charge is -2.10. The number of aryl methyl sites for hydroxylation is 1. The summed E-state index contributed by atoms with van der Waals surface area (Å²) in [6.45, 7) is 2.75. The SMILES string of the molecule is COc1ccc(CNc2cc(C#N)ccc2C)cc1. The fourth-order valence-corrected chi connectivity index (χ4v) is 1.82. The molecule has 96 valence electrons. The highest BCUT2D eigenvalue weighted by atomic mass is 16.5. The first kappa shape index (κ1) is 13.0. The van der Waals surface area contributed by atoms with Crippen molar-refractivity contribution in [3.63, 3.8) is 0 Å². The van der Waals surface area contributed by atoms with Crippen LogP contribution in [0.3, 0.4) is 0 Å². The Balaban J connectivity index is 2.07. The van der Waals surface area contributed by atoms with E-state index in [1.807, 2.05) is 49.4 Å². The number of methoxy groups -OCH3 is 1. The zero-order valence-corrected chi connectivity index (χ0v) is 11.1. The third-order valence-electron chi connectivity index (χ3n) is 3.01. The highest BCUT2D eigenvalue weighted by molar-refractivity contribution is 5.55. The number of nitriles is 1. The van der Waals surface area contributed by atoms with Crippen molar-refractivity contribution in [2.75, 3.05) is 12.4 Å². The van der Waals surface area contributed by atoms with E-state index < -0.39 is 0 Å². The Morgan fingerprint density at radius 3 is 2.53 bits per heavy atom. The lowest BCUT2D eigenvalue weighted by Crippen LogP contribution is -2.01. The minimum absolute atomic E-state index is 0.669. The first-order chi connectivity index (χ1) is 9.22. The molecule has 0 aliphatic rings. The number of anilines is 1. The van der Waals surface area contributed by atoms with Crippen molar-refractivity contribution in [1.82, 2.24) is 0 Å². The maximum absolute atomic E-state index is 8.90. The molecule has 19 heavy (non-hydrogen) atoms. The molecular weight excluding hydrogens is 236 g/mol. The lowest BCUT2D eigenvalue weighted by molar-refractivity contribution is 0.414. The predicted molar refractivity (Wildman–Crippen MR) is 76.2 cm³/mol. The van der Waals surface area contributed by atoms with Crippen LogP contribution in [0.5, 0.6) is 5.75 Å². The van der Waals surface area contributed by atoms with Crippen LogP contribution in [-0.2, 0) is 6.54 Å². The largest absolute Gasteiger partial charge is 0.497 e. The molecule has 3 nitrogen and oxygen atoms in total. The standard InChI is InChI=1S/C16H16N2O/c1-12-3-4-14(10-17)9-16(12)18-11-13-5-7-15(19-2)8-6-13/h3-9,18H,11H2,1-2H3. The van der Waals surface area contributed by atoms with Gasteiger partial charge in [0.15, 0.2) is 0 Å². The molecule has 2 aromatic rings. The normalized spacial score (nSPS) is 9.74. The van der Waals surface area contributed by atoms with Gasteiger partial charge in [-0.2, -0.15) is 5.26 Å². The van der Waals surface area contributed by atoms with Crippen molar-refractivity contribution in [1.29, 1.82) is 5.26 Å². The smallest absolute Gasteiger partial charge is 0.118 e. The Morgan fingerprint density at radius 1 is 1.16 bits per heavy atom. The molecule has 0 heterocycles. The van der Waals surface area contributed by atoms with Crippen molar-refractivity contribution in [3.8, 4) is 11.8 Å². The second kappa shape index (κ2) is 5.92. The molecule has 0 amide bonds. The summed E-state index contributed by atoms with van der Waals surface area (Å²) in [6, 6.07) is 15.7. The molecule has 0 atom stereocenters. The average Bonchev–Trinajstić information content (AvgIpc) is 2.47. The third-order valence-corrected chi connectivity index (χ3v) is 3.01. The van der Waals surface area contributed by atoms with Gasteiger partial charge in [-0.3, -0.25) is 0 Å². The summed E-state index contributed by atoms with van der Waals surface area (Å²) in [5.74, 6) is 0.853. The van der Waals surface area contributed by atoms with Gasteiger partial charge in [-0.05, 0) is 42.3 Å². The van der Waals surface area contributed by atoms with Crippen molar-refractivity contribution < 1.29 is 4.74 Å². The molecule has 3 heteroatoms. The van der Waals surface area contributed by atoms with Crippen LogP contribution in [0.15, 0.2) is 42.5 Å². The van der Waals surface area contributed by atoms with Gasteiger partial charge in [0.2, 0.25) is 0 Å². The molecule has 1 N–H and O–H groups in total. The van der Waals surface area contributed by atoms with Gasteiger partial charge in [-0.25, -0.2) is 0 Å². The van der Waals surface area contributed by atoms with E-state index in [2.05, 4.69) is 11.4 Å². The monoisotopic (exact) mass is 252 g/mol. The van der Waals surface area contributed by atoms with Gasteiger partial charge in [0.05, 0.1) is 18.7 Å². The first-order valence-electron chi connectivity index (χ1n) is 6.10. The van der Waals surface area contributed by atoms with Gasteiger partial charge in [-0.15, -0.1) is 0 Å². The van der Waals surface area contributed by atoms with Crippen LogP contribution in [0.4, 0.5) is 5.69 Å². The van der Waals surface area contributed by atoms with Crippen molar-refractivity contribution in [2.45, 2.75) is 13.5 Å². The maximum Gasteiger partial charge on any atom is 0.118 e. The Labute approximate surface area is 113 Å². The Bertz CT molecular complexity index is 597. The summed E-state index contributed by atoms with van der Waals surface area (Å²) in [5, 5.41) is 12.3. The zero-order valence-electron chi connectivity index (χ0n) is 11.1. The molecule has 0 spiro atoms. The molecule has 0 bridgehead atoms. The van der Waals surface area contributed by atoms with Crippen LogP contribution in [0, 0.1) is 18.3 Å². The van der Waals surface area contributed by atoms with Crippen molar-refractivity contribution in [3.05, 3.63) is 59.2 Å². The van der Waals surface area contributed by atoms with Gasteiger partial charge in [-0.1, -0.05) is 18.2 Å². The number of nitrogens with one attached hydrogen (secondary N) is 1. The van der Waals surface area contributed by atoms with Crippen molar-refractivity contribution in [2.24, 2.45) is 0 Å². The highest BCUT2D eigenvalue weighted by Crippen LogP contribution is 2.18. The van der Waals surface area contributed by atoms with Crippen molar-refractivity contribution >= 4 is 5.69 Å². The number of ether oxygens (including phenoxy) is 1. The minimum atomic E-state index is 0.669. The molecule has 0 saturated heterocycles. The van der Waals surface area contributed by atoms with E-state index in [1.165, 1.54) is 5.56 Å². The third kappa shape index (κ3) is 3.26. The second-order valence-corrected chi connectivity index (χ2v) is 4.34. The molecule has 0 aliphatic heterocycles. The molecule has 0 saturated carbocycles. The second-order valence-electron chi connectivity index (χ2n) is 4.34. The average molecular weight is 252 g/mol.